The van der Waals surface area contributed by atoms with Gasteiger partial charge in [0.25, 0.3) is 0 Å². The number of nitrogens with two attached hydrogens (primary N) is 1. The van der Waals surface area contributed by atoms with Gasteiger partial charge in [-0.15, -0.1) is 0 Å². The zero-order valence-corrected chi connectivity index (χ0v) is 6.42. The number of fused-ring (bicyclic) bond motifs is 1. The highest BCUT2D eigenvalue weighted by Crippen LogP contribution is 2.26. The summed E-state index contributed by atoms with van der Waals surface area (Å²) in [5, 5.41) is 6.18. The van der Waals surface area contributed by atoms with E-state index in [0.717, 1.165) is 11.4 Å². The van der Waals surface area contributed by atoms with Crippen molar-refractivity contribution in [2.24, 2.45) is 5.73 Å². The molecule has 0 saturated carbocycles. The Balaban J connectivity index is 2.45. The molecule has 1 aromatic rings. The summed E-state index contributed by atoms with van der Waals surface area (Å²) in [6.07, 6.45) is 0. The van der Waals surface area contributed by atoms with E-state index < -0.39 is 5.91 Å². The molecule has 2 rings (SSSR count). The van der Waals surface area contributed by atoms with Gasteiger partial charge >= 0.3 is 0 Å². The number of carbonyl (C=O) groups is 1. The summed E-state index contributed by atoms with van der Waals surface area (Å²) in [7, 11) is 0. The van der Waals surface area contributed by atoms with Crippen molar-refractivity contribution >= 4 is 17.3 Å². The molecule has 62 valence electrons. The topological polar surface area (TPSA) is 67.2 Å². The average molecular weight is 163 g/mol. The van der Waals surface area contributed by atoms with E-state index in [2.05, 4.69) is 10.6 Å². The minimum Gasteiger partial charge on any atom is -0.366 e. The Morgan fingerprint density at radius 3 is 2.83 bits per heavy atom. The van der Waals surface area contributed by atoms with Gasteiger partial charge in [0.2, 0.25) is 5.91 Å². The summed E-state index contributed by atoms with van der Waals surface area (Å²) >= 11 is 0. The Labute approximate surface area is 69.8 Å². The monoisotopic (exact) mass is 163 g/mol. The van der Waals surface area contributed by atoms with E-state index >= 15 is 0 Å². The van der Waals surface area contributed by atoms with Crippen molar-refractivity contribution in [1.82, 2.24) is 0 Å². The number of amides is 1. The van der Waals surface area contributed by atoms with Crippen molar-refractivity contribution in [3.8, 4) is 0 Å². The first-order valence-corrected chi connectivity index (χ1v) is 3.69. The highest BCUT2D eigenvalue weighted by molar-refractivity contribution is 5.95. The molecule has 1 heterocycles. The van der Waals surface area contributed by atoms with E-state index in [1.165, 1.54) is 0 Å². The number of primary amides is 1. The van der Waals surface area contributed by atoms with E-state index in [4.69, 9.17) is 5.73 Å². The highest BCUT2D eigenvalue weighted by atomic mass is 16.1. The summed E-state index contributed by atoms with van der Waals surface area (Å²) in [5.74, 6) is -0.397. The Bertz CT molecular complexity index is 335. The molecule has 4 nitrogen and oxygen atoms in total. The molecule has 0 radical (unpaired) electrons. The van der Waals surface area contributed by atoms with Gasteiger partial charge in [-0.05, 0) is 18.2 Å². The van der Waals surface area contributed by atoms with Gasteiger partial charge in [-0.3, -0.25) is 4.79 Å². The van der Waals surface area contributed by atoms with Crippen LogP contribution in [-0.2, 0) is 0 Å². The molecule has 1 aromatic carbocycles. The van der Waals surface area contributed by atoms with Gasteiger partial charge in [0, 0.05) is 5.56 Å². The Morgan fingerprint density at radius 1 is 1.33 bits per heavy atom. The molecule has 0 aliphatic carbocycles. The molecule has 1 amide bonds. The van der Waals surface area contributed by atoms with Gasteiger partial charge in [0.15, 0.2) is 0 Å². The molecule has 0 saturated heterocycles. The third-order valence-corrected chi connectivity index (χ3v) is 1.86. The van der Waals surface area contributed by atoms with Crippen LogP contribution in [0.1, 0.15) is 10.4 Å². The van der Waals surface area contributed by atoms with Gasteiger partial charge < -0.3 is 16.4 Å². The third kappa shape index (κ3) is 0.972. The maximum Gasteiger partial charge on any atom is 0.248 e. The lowest BCUT2D eigenvalue weighted by molar-refractivity contribution is 0.100. The molecule has 1 aliphatic rings. The molecular formula is C8H9N3O. The van der Waals surface area contributed by atoms with Crippen molar-refractivity contribution in [3.63, 3.8) is 0 Å². The number of anilines is 2. The summed E-state index contributed by atoms with van der Waals surface area (Å²) in [6.45, 7) is 0.706. The minimum absolute atomic E-state index is 0.397. The molecule has 0 fully saturated rings. The second kappa shape index (κ2) is 2.41. The summed E-state index contributed by atoms with van der Waals surface area (Å²) in [5.41, 5.74) is 7.60. The fraction of sp³-hybridized carbons (Fsp3) is 0.125. The van der Waals surface area contributed by atoms with E-state index in [-0.39, 0.29) is 0 Å². The molecular weight excluding hydrogens is 154 g/mol. The Morgan fingerprint density at radius 2 is 2.08 bits per heavy atom. The van der Waals surface area contributed by atoms with E-state index in [9.17, 15) is 4.79 Å². The van der Waals surface area contributed by atoms with Gasteiger partial charge in [-0.2, -0.15) is 0 Å². The van der Waals surface area contributed by atoms with Crippen LogP contribution in [0.4, 0.5) is 11.4 Å². The first-order valence-electron chi connectivity index (χ1n) is 3.69. The van der Waals surface area contributed by atoms with Crippen LogP contribution in [0.25, 0.3) is 0 Å². The molecule has 0 atom stereocenters. The normalized spacial score (nSPS) is 13.0. The lowest BCUT2D eigenvalue weighted by Gasteiger charge is -1.99. The fourth-order valence-electron chi connectivity index (χ4n) is 1.23. The Hall–Kier alpha value is -1.71. The average Bonchev–Trinajstić information content (AvgIpc) is 2.49. The maximum atomic E-state index is 10.8. The zero-order valence-electron chi connectivity index (χ0n) is 6.42. The quantitative estimate of drug-likeness (QED) is 0.567. The second-order valence-electron chi connectivity index (χ2n) is 2.65. The number of hydrogen-bond acceptors (Lipinski definition) is 3. The lowest BCUT2D eigenvalue weighted by atomic mass is 10.2. The molecule has 0 unspecified atom stereocenters. The van der Waals surface area contributed by atoms with Crippen LogP contribution in [0.2, 0.25) is 0 Å². The molecule has 12 heavy (non-hydrogen) atoms. The first kappa shape index (κ1) is 6.97. The SMILES string of the molecule is NC(=O)c1ccc2c(c1)NCN2. The largest absolute Gasteiger partial charge is 0.366 e. The summed E-state index contributed by atoms with van der Waals surface area (Å²) in [6, 6.07) is 5.30. The molecule has 4 N–H and O–H groups in total. The van der Waals surface area contributed by atoms with Crippen LogP contribution in [-0.4, -0.2) is 12.6 Å². The van der Waals surface area contributed by atoms with Gasteiger partial charge in [0.1, 0.15) is 0 Å². The Kier molecular flexibility index (Phi) is 1.40. The molecule has 0 spiro atoms. The smallest absolute Gasteiger partial charge is 0.248 e. The number of hydrogen-bond donors (Lipinski definition) is 3. The van der Waals surface area contributed by atoms with E-state index in [1.54, 1.807) is 12.1 Å². The van der Waals surface area contributed by atoms with Crippen molar-refractivity contribution in [3.05, 3.63) is 23.8 Å². The summed E-state index contributed by atoms with van der Waals surface area (Å²) < 4.78 is 0. The zero-order chi connectivity index (χ0) is 8.55. The van der Waals surface area contributed by atoms with Gasteiger partial charge in [-0.25, -0.2) is 0 Å². The van der Waals surface area contributed by atoms with Gasteiger partial charge in [0.05, 0.1) is 18.0 Å². The maximum absolute atomic E-state index is 10.8. The van der Waals surface area contributed by atoms with E-state index in [1.807, 2.05) is 6.07 Å². The van der Waals surface area contributed by atoms with Crippen molar-refractivity contribution < 1.29 is 4.79 Å². The lowest BCUT2D eigenvalue weighted by Crippen LogP contribution is -2.10. The molecule has 1 aliphatic heterocycles. The first-order chi connectivity index (χ1) is 5.77. The number of nitrogens with one attached hydrogen (secondary N) is 2. The fourth-order valence-corrected chi connectivity index (χ4v) is 1.23. The molecule has 0 bridgehead atoms. The van der Waals surface area contributed by atoms with Crippen LogP contribution in [0.15, 0.2) is 18.2 Å². The van der Waals surface area contributed by atoms with Crippen molar-refractivity contribution in [2.75, 3.05) is 17.3 Å². The van der Waals surface area contributed by atoms with Crippen LogP contribution < -0.4 is 16.4 Å². The van der Waals surface area contributed by atoms with Crippen molar-refractivity contribution in [2.45, 2.75) is 0 Å². The van der Waals surface area contributed by atoms with Crippen molar-refractivity contribution in [1.29, 1.82) is 0 Å². The van der Waals surface area contributed by atoms with E-state index in [0.29, 0.717) is 12.2 Å². The number of rotatable bonds is 1. The van der Waals surface area contributed by atoms with Crippen LogP contribution in [0, 0.1) is 0 Å². The van der Waals surface area contributed by atoms with Crippen LogP contribution in [0.3, 0.4) is 0 Å². The molecule has 0 aromatic heterocycles. The molecule has 4 heteroatoms. The summed E-state index contributed by atoms with van der Waals surface area (Å²) in [4.78, 5) is 10.8. The second-order valence-corrected chi connectivity index (χ2v) is 2.65. The third-order valence-electron chi connectivity index (χ3n) is 1.86. The number of benzene rings is 1. The van der Waals surface area contributed by atoms with Gasteiger partial charge in [-0.1, -0.05) is 0 Å². The minimum atomic E-state index is -0.397. The van der Waals surface area contributed by atoms with Crippen LogP contribution in [0.5, 0.6) is 0 Å². The number of carbonyl (C=O) groups excluding carboxylic acids is 1. The van der Waals surface area contributed by atoms with Crippen LogP contribution >= 0.6 is 0 Å². The highest BCUT2D eigenvalue weighted by Gasteiger charge is 2.10. The standard InChI is InChI=1S/C8H9N3O/c9-8(12)5-1-2-6-7(3-5)11-4-10-6/h1-3,10-11H,4H2,(H2,9,12). The predicted octanol–water partition coefficient (Wildman–Crippen LogP) is 0.580. The predicted molar refractivity (Wildman–Crippen MR) is 47.1 cm³/mol.